The maximum absolute atomic E-state index is 12.4. The first-order valence-corrected chi connectivity index (χ1v) is 20.1. The maximum Gasteiger partial charge on any atom is 0.249 e. The van der Waals surface area contributed by atoms with Gasteiger partial charge in [-0.2, -0.15) is 0 Å². The minimum Gasteiger partial charge on any atom is -0.394 e. The van der Waals surface area contributed by atoms with Crippen LogP contribution in [-0.4, -0.2) is 57.3 Å². The fraction of sp³-hybridized carbons (Fsp3) is 0.925. The molecule has 0 aliphatic carbocycles. The van der Waals surface area contributed by atoms with Crippen LogP contribution in [0.15, 0.2) is 12.2 Å². The van der Waals surface area contributed by atoms with Crippen molar-refractivity contribution < 1.29 is 25.2 Å². The van der Waals surface area contributed by atoms with E-state index in [2.05, 4.69) is 19.2 Å². The Bertz CT molecular complexity index is 658. The number of aliphatic hydroxyl groups excluding tert-OH is 4. The van der Waals surface area contributed by atoms with Crippen molar-refractivity contribution in [3.8, 4) is 0 Å². The van der Waals surface area contributed by atoms with Crippen LogP contribution in [0.1, 0.15) is 206 Å². The molecule has 0 aromatic heterocycles. The first-order valence-electron chi connectivity index (χ1n) is 20.1. The van der Waals surface area contributed by atoms with E-state index in [0.717, 1.165) is 32.1 Å². The predicted molar refractivity (Wildman–Crippen MR) is 196 cm³/mol. The highest BCUT2D eigenvalue weighted by Gasteiger charge is 2.22. The topological polar surface area (TPSA) is 110 Å². The molecule has 0 radical (unpaired) electrons. The van der Waals surface area contributed by atoms with Crippen LogP contribution >= 0.6 is 0 Å². The first kappa shape index (κ1) is 45.0. The number of hydrogen-bond donors (Lipinski definition) is 5. The zero-order chi connectivity index (χ0) is 33.9. The summed E-state index contributed by atoms with van der Waals surface area (Å²) in [6.07, 6.45) is 36.8. The van der Waals surface area contributed by atoms with E-state index in [1.807, 2.05) is 0 Å². The average molecular weight is 654 g/mol. The third-order valence-electron chi connectivity index (χ3n) is 9.45. The molecule has 46 heavy (non-hydrogen) atoms. The van der Waals surface area contributed by atoms with Crippen molar-refractivity contribution in [2.45, 2.75) is 231 Å². The molecule has 0 bridgehead atoms. The van der Waals surface area contributed by atoms with Crippen molar-refractivity contribution in [3.63, 3.8) is 0 Å². The summed E-state index contributed by atoms with van der Waals surface area (Å²) in [5.74, 6) is -0.565. The Labute approximate surface area is 285 Å². The Morgan fingerprint density at radius 3 is 1.17 bits per heavy atom. The molecule has 0 spiro atoms. The molecule has 0 aromatic carbocycles. The normalized spacial score (nSPS) is 14.5. The van der Waals surface area contributed by atoms with Crippen LogP contribution in [0, 0.1) is 0 Å². The van der Waals surface area contributed by atoms with E-state index in [0.29, 0.717) is 12.8 Å². The van der Waals surface area contributed by atoms with Crippen LogP contribution < -0.4 is 5.32 Å². The number of hydrogen-bond acceptors (Lipinski definition) is 5. The van der Waals surface area contributed by atoms with Crippen LogP contribution in [0.25, 0.3) is 0 Å². The lowest BCUT2D eigenvalue weighted by molar-refractivity contribution is -0.131. The summed E-state index contributed by atoms with van der Waals surface area (Å²) < 4.78 is 0. The molecule has 0 saturated carbocycles. The summed E-state index contributed by atoms with van der Waals surface area (Å²) >= 11 is 0. The van der Waals surface area contributed by atoms with Crippen molar-refractivity contribution in [1.82, 2.24) is 5.32 Å². The molecule has 274 valence electrons. The lowest BCUT2D eigenvalue weighted by Gasteiger charge is -2.22. The zero-order valence-corrected chi connectivity index (χ0v) is 30.6. The van der Waals surface area contributed by atoms with Gasteiger partial charge in [-0.25, -0.2) is 0 Å². The summed E-state index contributed by atoms with van der Waals surface area (Å²) in [6.45, 7) is 4.07. The van der Waals surface area contributed by atoms with E-state index < -0.39 is 36.9 Å². The Morgan fingerprint density at radius 2 is 0.826 bits per heavy atom. The van der Waals surface area contributed by atoms with Gasteiger partial charge in [-0.3, -0.25) is 4.79 Å². The summed E-state index contributed by atoms with van der Waals surface area (Å²) in [5.41, 5.74) is 0. The second-order valence-electron chi connectivity index (χ2n) is 14.0. The third-order valence-corrected chi connectivity index (χ3v) is 9.45. The Kier molecular flexibility index (Phi) is 34.6. The highest BCUT2D eigenvalue weighted by molar-refractivity contribution is 5.80. The molecule has 0 heterocycles. The number of carbonyl (C=O) groups excluding carboxylic acids is 1. The smallest absolute Gasteiger partial charge is 0.249 e. The minimum absolute atomic E-state index is 0.381. The van der Waals surface area contributed by atoms with E-state index in [1.165, 1.54) is 154 Å². The quantitative estimate of drug-likeness (QED) is 0.0342. The van der Waals surface area contributed by atoms with Crippen molar-refractivity contribution in [2.75, 3.05) is 6.61 Å². The molecule has 0 aromatic rings. The molecular formula is C40H79NO5. The number of amides is 1. The fourth-order valence-electron chi connectivity index (χ4n) is 6.20. The molecule has 0 aliphatic rings. The standard InChI is InChI=1S/C40H79NO5/c1-3-5-7-9-11-13-15-16-17-18-19-20-21-22-24-26-28-30-32-39(45)40(46)41-37(35-42)38(44)34-33-36(43)31-29-27-25-23-14-12-10-8-6-4-2/h33-34,36-39,42-45H,3-32,35H2,1-2H3,(H,41,46)/b34-33+. The highest BCUT2D eigenvalue weighted by atomic mass is 16.3. The van der Waals surface area contributed by atoms with Gasteiger partial charge in [-0.15, -0.1) is 0 Å². The lowest BCUT2D eigenvalue weighted by Crippen LogP contribution is -2.48. The van der Waals surface area contributed by atoms with Gasteiger partial charge in [0.1, 0.15) is 6.10 Å². The third kappa shape index (κ3) is 30.4. The van der Waals surface area contributed by atoms with E-state index in [4.69, 9.17) is 0 Å². The fourth-order valence-corrected chi connectivity index (χ4v) is 6.20. The Morgan fingerprint density at radius 1 is 0.500 bits per heavy atom. The summed E-state index contributed by atoms with van der Waals surface area (Å²) in [4.78, 5) is 12.4. The van der Waals surface area contributed by atoms with Gasteiger partial charge in [0.15, 0.2) is 0 Å². The van der Waals surface area contributed by atoms with E-state index >= 15 is 0 Å². The number of nitrogens with one attached hydrogen (secondary N) is 1. The van der Waals surface area contributed by atoms with Gasteiger partial charge in [0, 0.05) is 0 Å². The second-order valence-corrected chi connectivity index (χ2v) is 14.0. The van der Waals surface area contributed by atoms with E-state index in [1.54, 1.807) is 6.08 Å². The number of unbranched alkanes of at least 4 members (excludes halogenated alkanes) is 26. The van der Waals surface area contributed by atoms with E-state index in [-0.39, 0.29) is 0 Å². The lowest BCUT2D eigenvalue weighted by atomic mass is 10.0. The van der Waals surface area contributed by atoms with E-state index in [9.17, 15) is 25.2 Å². The van der Waals surface area contributed by atoms with Crippen molar-refractivity contribution >= 4 is 5.91 Å². The predicted octanol–water partition coefficient (Wildman–Crippen LogP) is 9.85. The summed E-state index contributed by atoms with van der Waals surface area (Å²) in [5, 5.41) is 43.2. The molecule has 0 rings (SSSR count). The van der Waals surface area contributed by atoms with Gasteiger partial charge >= 0.3 is 0 Å². The Balaban J connectivity index is 3.77. The molecule has 4 atom stereocenters. The van der Waals surface area contributed by atoms with Gasteiger partial charge in [-0.05, 0) is 12.8 Å². The molecule has 4 unspecified atom stereocenters. The largest absolute Gasteiger partial charge is 0.394 e. The second kappa shape index (κ2) is 35.4. The number of rotatable bonds is 36. The highest BCUT2D eigenvalue weighted by Crippen LogP contribution is 2.16. The molecule has 0 aliphatic heterocycles. The van der Waals surface area contributed by atoms with Crippen LogP contribution in [0.2, 0.25) is 0 Å². The maximum atomic E-state index is 12.4. The van der Waals surface area contributed by atoms with Crippen molar-refractivity contribution in [3.05, 3.63) is 12.2 Å². The Hall–Kier alpha value is -0.950. The van der Waals surface area contributed by atoms with Crippen LogP contribution in [0.3, 0.4) is 0 Å². The molecule has 6 nitrogen and oxygen atoms in total. The molecule has 6 heteroatoms. The molecule has 0 fully saturated rings. The molecule has 0 saturated heterocycles. The van der Waals surface area contributed by atoms with Gasteiger partial charge in [0.2, 0.25) is 5.91 Å². The number of aliphatic hydroxyl groups is 4. The van der Waals surface area contributed by atoms with Crippen LogP contribution in [0.4, 0.5) is 0 Å². The average Bonchev–Trinajstić information content (AvgIpc) is 3.06. The SMILES string of the molecule is CCCCCCCCCCCCCCCCCCCCC(O)C(=O)NC(CO)C(O)/C=C/C(O)CCCCCCCCCCCC. The van der Waals surface area contributed by atoms with Crippen molar-refractivity contribution in [1.29, 1.82) is 0 Å². The molecule has 1 amide bonds. The van der Waals surface area contributed by atoms with Crippen LogP contribution in [-0.2, 0) is 4.79 Å². The summed E-state index contributed by atoms with van der Waals surface area (Å²) in [6, 6.07) is -0.914. The van der Waals surface area contributed by atoms with Gasteiger partial charge in [-0.1, -0.05) is 206 Å². The minimum atomic E-state index is -1.15. The zero-order valence-electron chi connectivity index (χ0n) is 30.6. The molecular weight excluding hydrogens is 574 g/mol. The first-order chi connectivity index (χ1) is 22.5. The summed E-state index contributed by atoms with van der Waals surface area (Å²) in [7, 11) is 0. The van der Waals surface area contributed by atoms with Gasteiger partial charge < -0.3 is 25.7 Å². The number of carbonyl (C=O) groups is 1. The van der Waals surface area contributed by atoms with Crippen molar-refractivity contribution in [2.24, 2.45) is 0 Å². The monoisotopic (exact) mass is 654 g/mol. The molecule has 5 N–H and O–H groups in total. The van der Waals surface area contributed by atoms with Gasteiger partial charge in [0.05, 0.1) is 24.9 Å². The van der Waals surface area contributed by atoms with Crippen LogP contribution in [0.5, 0.6) is 0 Å². The van der Waals surface area contributed by atoms with Gasteiger partial charge in [0.25, 0.3) is 0 Å².